The van der Waals surface area contributed by atoms with Crippen LogP contribution in [0.4, 0.5) is 0 Å². The largest absolute Gasteiger partial charge is 0.497 e. The van der Waals surface area contributed by atoms with Crippen molar-refractivity contribution >= 4 is 23.2 Å². The maximum atomic E-state index is 13.0. The number of benzene rings is 1. The minimum atomic E-state index is 0.0468. The number of piperidine rings is 1. The van der Waals surface area contributed by atoms with Crippen molar-refractivity contribution in [3.05, 3.63) is 52.2 Å². The Bertz CT molecular complexity index is 837. The summed E-state index contributed by atoms with van der Waals surface area (Å²) in [5, 5.41) is 1.93. The van der Waals surface area contributed by atoms with Crippen molar-refractivity contribution in [2.45, 2.75) is 19.4 Å². The van der Waals surface area contributed by atoms with E-state index in [2.05, 4.69) is 17.0 Å². The highest BCUT2D eigenvalue weighted by Gasteiger charge is 2.32. The molecular formula is C23H29N3O3S. The summed E-state index contributed by atoms with van der Waals surface area (Å²) in [4.78, 5) is 32.6. The molecule has 0 bridgehead atoms. The lowest BCUT2D eigenvalue weighted by Gasteiger charge is -2.38. The van der Waals surface area contributed by atoms with Crippen LogP contribution >= 0.6 is 11.3 Å². The van der Waals surface area contributed by atoms with Crippen molar-refractivity contribution in [1.29, 1.82) is 0 Å². The van der Waals surface area contributed by atoms with E-state index >= 15 is 0 Å². The van der Waals surface area contributed by atoms with E-state index in [1.807, 2.05) is 39.4 Å². The highest BCUT2D eigenvalue weighted by atomic mass is 32.1. The normalized spacial score (nSPS) is 18.4. The number of carbonyl (C=O) groups excluding carboxylic acids is 2. The topological polar surface area (TPSA) is 53.1 Å². The molecule has 30 heavy (non-hydrogen) atoms. The molecule has 7 heteroatoms. The molecule has 2 amide bonds. The third-order valence-corrected chi connectivity index (χ3v) is 6.97. The number of amides is 2. The molecule has 3 heterocycles. The van der Waals surface area contributed by atoms with E-state index in [1.54, 1.807) is 7.11 Å². The lowest BCUT2D eigenvalue weighted by Crippen LogP contribution is -2.51. The Balaban J connectivity index is 1.22. The van der Waals surface area contributed by atoms with Crippen molar-refractivity contribution in [2.75, 3.05) is 46.4 Å². The van der Waals surface area contributed by atoms with E-state index in [9.17, 15) is 9.59 Å². The van der Waals surface area contributed by atoms with Crippen LogP contribution in [0, 0.1) is 5.92 Å². The maximum absolute atomic E-state index is 13.0. The van der Waals surface area contributed by atoms with E-state index in [-0.39, 0.29) is 17.7 Å². The minimum Gasteiger partial charge on any atom is -0.497 e. The van der Waals surface area contributed by atoms with Gasteiger partial charge >= 0.3 is 0 Å². The fraction of sp³-hybridized carbons (Fsp3) is 0.478. The van der Waals surface area contributed by atoms with E-state index in [0.717, 1.165) is 56.2 Å². The molecule has 4 rings (SSSR count). The molecule has 2 fully saturated rings. The molecule has 2 aliphatic rings. The summed E-state index contributed by atoms with van der Waals surface area (Å²) in [6.07, 6.45) is 1.53. The van der Waals surface area contributed by atoms with Crippen molar-refractivity contribution in [2.24, 2.45) is 5.92 Å². The summed E-state index contributed by atoms with van der Waals surface area (Å²) in [7, 11) is 1.68. The van der Waals surface area contributed by atoms with Crippen LogP contribution in [0.2, 0.25) is 0 Å². The molecular weight excluding hydrogens is 398 g/mol. The zero-order valence-corrected chi connectivity index (χ0v) is 18.3. The van der Waals surface area contributed by atoms with Crippen molar-refractivity contribution in [3.8, 4) is 5.75 Å². The number of hydrogen-bond acceptors (Lipinski definition) is 5. The van der Waals surface area contributed by atoms with Gasteiger partial charge in [-0.1, -0.05) is 18.2 Å². The molecule has 0 spiro atoms. The van der Waals surface area contributed by atoms with Gasteiger partial charge < -0.3 is 14.5 Å². The van der Waals surface area contributed by atoms with Gasteiger partial charge in [0.2, 0.25) is 5.91 Å². The third-order valence-electron chi connectivity index (χ3n) is 6.11. The lowest BCUT2D eigenvalue weighted by molar-refractivity contribution is -0.138. The molecule has 2 saturated heterocycles. The average Bonchev–Trinajstić information content (AvgIpc) is 3.34. The molecule has 1 aromatic heterocycles. The van der Waals surface area contributed by atoms with E-state index in [1.165, 1.54) is 16.9 Å². The second-order valence-electron chi connectivity index (χ2n) is 7.99. The summed E-state index contributed by atoms with van der Waals surface area (Å²) in [5.41, 5.74) is 1.26. The second kappa shape index (κ2) is 9.62. The number of thiophene rings is 1. The molecule has 0 N–H and O–H groups in total. The fourth-order valence-electron chi connectivity index (χ4n) is 4.26. The van der Waals surface area contributed by atoms with E-state index in [4.69, 9.17) is 4.74 Å². The van der Waals surface area contributed by atoms with Crippen LogP contribution in [0.1, 0.15) is 28.1 Å². The Labute approximate surface area is 182 Å². The summed E-state index contributed by atoms with van der Waals surface area (Å²) >= 11 is 1.48. The van der Waals surface area contributed by atoms with Crippen LogP contribution in [-0.4, -0.2) is 72.9 Å². The number of piperazine rings is 1. The molecule has 0 saturated carbocycles. The quantitative estimate of drug-likeness (QED) is 0.736. The molecule has 0 aliphatic carbocycles. The molecule has 2 aromatic rings. The molecule has 1 aromatic carbocycles. The minimum absolute atomic E-state index is 0.0468. The first-order valence-corrected chi connectivity index (χ1v) is 11.5. The van der Waals surface area contributed by atoms with Crippen molar-refractivity contribution in [3.63, 3.8) is 0 Å². The Morgan fingerprint density at radius 1 is 0.967 bits per heavy atom. The van der Waals surface area contributed by atoms with Crippen LogP contribution in [0.25, 0.3) is 0 Å². The van der Waals surface area contributed by atoms with E-state index < -0.39 is 0 Å². The van der Waals surface area contributed by atoms with Gasteiger partial charge in [0.15, 0.2) is 0 Å². The predicted octanol–water partition coefficient (Wildman–Crippen LogP) is 2.95. The Morgan fingerprint density at radius 2 is 1.67 bits per heavy atom. The van der Waals surface area contributed by atoms with E-state index in [0.29, 0.717) is 13.1 Å². The van der Waals surface area contributed by atoms with Gasteiger partial charge in [0, 0.05) is 51.7 Å². The summed E-state index contributed by atoms with van der Waals surface area (Å²) in [6.45, 7) is 5.60. The number of carbonyl (C=O) groups is 2. The zero-order valence-electron chi connectivity index (χ0n) is 17.5. The fourth-order valence-corrected chi connectivity index (χ4v) is 4.95. The number of likely N-dealkylation sites (tertiary alicyclic amines) is 1. The Kier molecular flexibility index (Phi) is 6.69. The lowest BCUT2D eigenvalue weighted by atomic mass is 9.94. The van der Waals surface area contributed by atoms with Crippen LogP contribution in [-0.2, 0) is 11.3 Å². The van der Waals surface area contributed by atoms with Gasteiger partial charge in [-0.05, 0) is 42.0 Å². The first-order valence-electron chi connectivity index (χ1n) is 10.6. The Morgan fingerprint density at radius 3 is 2.27 bits per heavy atom. The van der Waals surface area contributed by atoms with Crippen molar-refractivity contribution in [1.82, 2.24) is 14.7 Å². The molecule has 0 atom stereocenters. The second-order valence-corrected chi connectivity index (χ2v) is 8.94. The smallest absolute Gasteiger partial charge is 0.263 e. The first-order chi connectivity index (χ1) is 14.6. The van der Waals surface area contributed by atoms with Crippen LogP contribution in [0.5, 0.6) is 5.75 Å². The van der Waals surface area contributed by atoms with Crippen LogP contribution in [0.15, 0.2) is 41.8 Å². The predicted molar refractivity (Wildman–Crippen MR) is 118 cm³/mol. The third kappa shape index (κ3) is 4.84. The van der Waals surface area contributed by atoms with Gasteiger partial charge in [-0.25, -0.2) is 0 Å². The van der Waals surface area contributed by atoms with Gasteiger partial charge in [-0.15, -0.1) is 11.3 Å². The molecule has 2 aliphatic heterocycles. The summed E-state index contributed by atoms with van der Waals surface area (Å²) in [6, 6.07) is 12.0. The SMILES string of the molecule is COc1ccc(CN2CCN(C(=O)C3CCN(C(=O)c4cccs4)CC3)CC2)cc1. The number of methoxy groups -OCH3 is 1. The molecule has 0 radical (unpaired) electrons. The maximum Gasteiger partial charge on any atom is 0.263 e. The van der Waals surface area contributed by atoms with Crippen LogP contribution < -0.4 is 4.74 Å². The van der Waals surface area contributed by atoms with Gasteiger partial charge in [0.05, 0.1) is 12.0 Å². The zero-order chi connectivity index (χ0) is 20.9. The van der Waals surface area contributed by atoms with Gasteiger partial charge in [-0.3, -0.25) is 14.5 Å². The molecule has 160 valence electrons. The average molecular weight is 428 g/mol. The van der Waals surface area contributed by atoms with Gasteiger partial charge in [0.25, 0.3) is 5.91 Å². The van der Waals surface area contributed by atoms with Gasteiger partial charge in [-0.2, -0.15) is 0 Å². The monoisotopic (exact) mass is 427 g/mol. The molecule has 6 nitrogen and oxygen atoms in total. The number of nitrogens with zero attached hydrogens (tertiary/aromatic N) is 3. The van der Waals surface area contributed by atoms with Gasteiger partial charge in [0.1, 0.15) is 5.75 Å². The Hall–Kier alpha value is -2.38. The molecule has 0 unspecified atom stereocenters. The number of hydrogen-bond donors (Lipinski definition) is 0. The first kappa shape index (κ1) is 20.9. The van der Waals surface area contributed by atoms with Crippen LogP contribution in [0.3, 0.4) is 0 Å². The standard InChI is InChI=1S/C23H29N3O3S/c1-29-20-6-4-18(5-7-20)17-24-12-14-26(15-13-24)22(27)19-8-10-25(11-9-19)23(28)21-3-2-16-30-21/h2-7,16,19H,8-15,17H2,1H3. The van der Waals surface area contributed by atoms with Crippen molar-refractivity contribution < 1.29 is 14.3 Å². The summed E-state index contributed by atoms with van der Waals surface area (Å²) < 4.78 is 5.22. The number of rotatable bonds is 5. The summed E-state index contributed by atoms with van der Waals surface area (Å²) in [5.74, 6) is 1.29. The highest BCUT2D eigenvalue weighted by molar-refractivity contribution is 7.12. The highest BCUT2D eigenvalue weighted by Crippen LogP contribution is 2.23. The number of ether oxygens (including phenoxy) is 1.